The maximum absolute atomic E-state index is 15.7. The maximum atomic E-state index is 15.7. The molecule has 8 rings (SSSR count). The lowest BCUT2D eigenvalue weighted by molar-refractivity contribution is -0.219. The van der Waals surface area contributed by atoms with Gasteiger partial charge in [-0.2, -0.15) is 26.3 Å². The average molecular weight is 1560 g/mol. The summed E-state index contributed by atoms with van der Waals surface area (Å²) in [7, 11) is 9.35. The summed E-state index contributed by atoms with van der Waals surface area (Å²) in [6.45, 7) is 5.84. The first kappa shape index (κ1) is 87.6. The van der Waals surface area contributed by atoms with Gasteiger partial charge in [0.05, 0.1) is 44.7 Å². The number of likely N-dealkylation sites (N-methyl/N-ethyl adjacent to an activating group) is 6. The number of alkyl halides is 8. The Morgan fingerprint density at radius 2 is 1.21 bits per heavy atom. The van der Waals surface area contributed by atoms with Gasteiger partial charge in [-0.15, -0.1) is 0 Å². The molecule has 0 aromatic rings. The van der Waals surface area contributed by atoms with Crippen LogP contribution in [0.5, 0.6) is 0 Å². The second-order valence-electron chi connectivity index (χ2n) is 32.6. The normalized spacial score (nSPS) is 32.4. The highest BCUT2D eigenvalue weighted by Gasteiger charge is 2.57. The van der Waals surface area contributed by atoms with Gasteiger partial charge in [-0.1, -0.05) is 47.0 Å². The zero-order chi connectivity index (χ0) is 80.5. The molecule has 4 aliphatic heterocycles. The van der Waals surface area contributed by atoms with Gasteiger partial charge in [0.25, 0.3) is 0 Å². The van der Waals surface area contributed by atoms with Gasteiger partial charge in [-0.05, 0) is 152 Å². The minimum atomic E-state index is -5.22. The zero-order valence-electron chi connectivity index (χ0n) is 65.1. The lowest BCUT2D eigenvalue weighted by Crippen LogP contribution is -2.69. The maximum Gasteiger partial charge on any atom is 0.397 e. The lowest BCUT2D eigenvalue weighted by Gasteiger charge is -2.47. The van der Waals surface area contributed by atoms with Crippen molar-refractivity contribution in [2.75, 3.05) is 102 Å². The first-order valence-corrected chi connectivity index (χ1v) is 39.1. The van der Waals surface area contributed by atoms with E-state index in [2.05, 4.69) is 16.0 Å². The molecule has 34 heteroatoms. The van der Waals surface area contributed by atoms with Gasteiger partial charge in [0.2, 0.25) is 70.9 Å². The van der Waals surface area contributed by atoms with E-state index in [9.17, 15) is 45.5 Å². The van der Waals surface area contributed by atoms with Gasteiger partial charge < -0.3 is 69.5 Å². The summed E-state index contributed by atoms with van der Waals surface area (Å²) >= 11 is 0. The summed E-state index contributed by atoms with van der Waals surface area (Å²) in [6, 6.07) is -11.4. The number of amides is 12. The van der Waals surface area contributed by atoms with Crippen molar-refractivity contribution in [3.05, 3.63) is 0 Å². The Morgan fingerprint density at radius 3 is 1.78 bits per heavy atom. The fourth-order valence-electron chi connectivity index (χ4n) is 17.7. The number of halogens is 8. The van der Waals surface area contributed by atoms with Gasteiger partial charge in [0.15, 0.2) is 0 Å². The van der Waals surface area contributed by atoms with Crippen molar-refractivity contribution in [3.63, 3.8) is 0 Å². The molecule has 12 atom stereocenters. The van der Waals surface area contributed by atoms with Crippen LogP contribution in [0.15, 0.2) is 0 Å². The molecule has 4 aliphatic carbocycles. The Kier molecular flexibility index (Phi) is 30.2. The second-order valence-corrected chi connectivity index (χ2v) is 32.6. The quantitative estimate of drug-likeness (QED) is 0.202. The number of nitrogens with zero attached hydrogens (tertiary/aromatic N) is 9. The van der Waals surface area contributed by atoms with Crippen LogP contribution in [0.4, 0.5) is 35.1 Å². The minimum absolute atomic E-state index is 0.00109. The summed E-state index contributed by atoms with van der Waals surface area (Å²) in [5.41, 5.74) is -1.71. The highest BCUT2D eigenvalue weighted by Crippen LogP contribution is 2.46. The molecule has 0 aromatic heterocycles. The van der Waals surface area contributed by atoms with Crippen molar-refractivity contribution in [2.24, 2.45) is 41.4 Å². The topological polar surface area (TPSA) is 289 Å². The van der Waals surface area contributed by atoms with Crippen LogP contribution in [0, 0.1) is 41.4 Å². The molecule has 8 aliphatic rings. The molecule has 3 N–H and O–H groups in total. The monoisotopic (exact) mass is 1560 g/mol. The molecule has 4 saturated carbocycles. The van der Waals surface area contributed by atoms with E-state index in [4.69, 9.17) is 9.47 Å². The Hall–Kier alpha value is -7.00. The van der Waals surface area contributed by atoms with Gasteiger partial charge >= 0.3 is 12.4 Å². The molecule has 2 bridgehead atoms. The van der Waals surface area contributed by atoms with Crippen molar-refractivity contribution < 1.29 is 102 Å². The van der Waals surface area contributed by atoms with E-state index in [-0.39, 0.29) is 122 Å². The van der Waals surface area contributed by atoms with Crippen LogP contribution in [0.1, 0.15) is 175 Å². The third-order valence-electron chi connectivity index (χ3n) is 24.8. The first-order chi connectivity index (χ1) is 51.2. The zero-order valence-corrected chi connectivity index (χ0v) is 65.1. The number of fused-ring (bicyclic) bond motifs is 3. The Labute approximate surface area is 634 Å². The molecular weight excluding hydrogens is 1440 g/mol. The fourth-order valence-corrected chi connectivity index (χ4v) is 17.7. The molecule has 8 fully saturated rings. The van der Waals surface area contributed by atoms with Crippen molar-refractivity contribution in [3.8, 4) is 0 Å². The number of rotatable bonds is 12. The van der Waals surface area contributed by atoms with Crippen molar-refractivity contribution in [1.82, 2.24) is 60.0 Å². The largest absolute Gasteiger partial charge is 0.397 e. The highest BCUT2D eigenvalue weighted by molar-refractivity contribution is 6.01. The standard InChI is InChI=1S/C75H116F8N12O14/c1-12-44(4)61-70(105)88(6)42-59(98)89(7)52-20-15-16-30-94(69(52)104)55(39-45-21-24-48(25-22-45)74(78,79)80)67(102)87(5)41-57(96)84-51(26-23-46-37-49(76)60(50(77)38-46)75(81,82)83)66(101)95-31-27-56(108-11)63(95)65(100)86-73(28-17-29-73)72(107)92(10)62(47-18-13-14-19-47)71(106)91(9)54(68(103)93-32-34-109-35-33-93)40-58(97)90(8)53(36-43(2)3)64(99)85-61/h43-56,60-63H,12-42H2,1-11H3,(H,84,96)(H,85,99)(H,86,100)/t44-,45?,46?,48?,49?,50?,51-,52-,53-,54-,55-,56-,60?,61-,62-,63-/m0/s1. The average Bonchev–Trinajstić information content (AvgIpc) is 1.74. The molecule has 26 nitrogen and oxygen atoms in total. The Morgan fingerprint density at radius 1 is 0.596 bits per heavy atom. The number of nitrogens with one attached hydrogen (secondary N) is 3. The van der Waals surface area contributed by atoms with Crippen LogP contribution in [0.25, 0.3) is 0 Å². The van der Waals surface area contributed by atoms with Gasteiger partial charge in [0, 0.05) is 75.6 Å². The van der Waals surface area contributed by atoms with Crippen molar-refractivity contribution in [1.29, 1.82) is 0 Å². The number of hydrogen-bond donors (Lipinski definition) is 3. The number of hydrogen-bond acceptors (Lipinski definition) is 14. The van der Waals surface area contributed by atoms with Crippen molar-refractivity contribution in [2.45, 2.75) is 260 Å². The summed E-state index contributed by atoms with van der Waals surface area (Å²) in [5.74, 6) is -16.9. The molecule has 4 saturated heterocycles. The Balaban J connectivity index is 1.20. The molecule has 0 radical (unpaired) electrons. The van der Waals surface area contributed by atoms with Crippen LogP contribution in [0.3, 0.4) is 0 Å². The fraction of sp³-hybridized carbons (Fsp3) is 0.840. The number of carbonyl (C=O) groups is 12. The SMILES string of the molecule is CC[C@H](C)[C@@H]1NC(=O)[C@H](CC(C)C)N(C)C(=O)C[C@@H](C(=O)N2CCOCC2)N(C)C(=O)[C@H](C2CCCC2)N(C)C(=O)C2(CCC2)NC(=O)[C@@H]2[C@@H](OC)CCN2C(=O)[C@H](CCC2CC(F)C(C(F)(F)F)C(F)C2)NC(=O)CN(C)C(=O)[C@H](CC2CCC(C(F)(F)F)CC2)N2CCCC[C@@H](C2=O)N(C)C(=O)CN(C)C1=O. The molecule has 2 unspecified atom stereocenters. The van der Waals surface area contributed by atoms with Crippen molar-refractivity contribution >= 4 is 70.9 Å². The van der Waals surface area contributed by atoms with E-state index >= 15 is 47.1 Å². The van der Waals surface area contributed by atoms with Crippen LogP contribution in [-0.4, -0.2) is 302 Å². The smallest absolute Gasteiger partial charge is 0.379 e. The molecule has 0 aromatic carbocycles. The number of carbonyl (C=O) groups excluding carboxylic acids is 12. The van der Waals surface area contributed by atoms with E-state index in [1.807, 2.05) is 13.8 Å². The highest BCUT2D eigenvalue weighted by atomic mass is 19.4. The summed E-state index contributed by atoms with van der Waals surface area (Å²) in [6.07, 6.45) is -16.0. The predicted molar refractivity (Wildman–Crippen MR) is 381 cm³/mol. The molecule has 616 valence electrons. The first-order valence-electron chi connectivity index (χ1n) is 39.1. The minimum Gasteiger partial charge on any atom is -0.379 e. The molecule has 12 amide bonds. The summed E-state index contributed by atoms with van der Waals surface area (Å²) < 4.78 is 126. The number of morpholine rings is 1. The number of methoxy groups -OCH3 is 1. The van der Waals surface area contributed by atoms with Crippen LogP contribution in [-0.2, 0) is 67.0 Å². The van der Waals surface area contributed by atoms with E-state index in [0.717, 1.165) is 24.5 Å². The summed E-state index contributed by atoms with van der Waals surface area (Å²) in [5, 5.41) is 8.41. The molecule has 4 heterocycles. The predicted octanol–water partition coefficient (Wildman–Crippen LogP) is 5.57. The van der Waals surface area contributed by atoms with Gasteiger partial charge in [0.1, 0.15) is 72.1 Å². The van der Waals surface area contributed by atoms with E-state index in [1.54, 1.807) is 13.8 Å². The Bertz CT molecular complexity index is 3230. The van der Waals surface area contributed by atoms with Gasteiger partial charge in [-0.3, -0.25) is 57.5 Å². The van der Waals surface area contributed by atoms with Gasteiger partial charge in [-0.25, -0.2) is 8.78 Å². The van der Waals surface area contributed by atoms with E-state index in [1.165, 1.54) is 69.0 Å². The third-order valence-corrected chi connectivity index (χ3v) is 24.8. The lowest BCUT2D eigenvalue weighted by atomic mass is 9.74. The molecule has 1 spiro atoms. The molecular formula is C75H116F8N12O14. The molecule has 109 heavy (non-hydrogen) atoms. The van der Waals surface area contributed by atoms with Crippen LogP contribution in [0.2, 0.25) is 0 Å². The second kappa shape index (κ2) is 37.6. The summed E-state index contributed by atoms with van der Waals surface area (Å²) in [4.78, 5) is 193. The number of ether oxygens (including phenoxy) is 2. The third kappa shape index (κ3) is 20.8. The van der Waals surface area contributed by atoms with E-state index < -0.39 is 230 Å². The van der Waals surface area contributed by atoms with Crippen LogP contribution >= 0.6 is 0 Å². The van der Waals surface area contributed by atoms with Crippen LogP contribution < -0.4 is 16.0 Å². The van der Waals surface area contributed by atoms with E-state index in [0.29, 0.717) is 44.9 Å².